The number of amides is 1. The molecule has 0 aromatic carbocycles. The van der Waals surface area contributed by atoms with E-state index in [1.165, 1.54) is 0 Å². The van der Waals surface area contributed by atoms with Crippen LogP contribution in [0.5, 0.6) is 0 Å². The average molecular weight is 348 g/mol. The Bertz CT molecular complexity index is 865. The van der Waals surface area contributed by atoms with Gasteiger partial charge in [0.05, 0.1) is 12.1 Å². The first-order chi connectivity index (χ1) is 12.8. The molecule has 0 spiro atoms. The maximum absolute atomic E-state index is 12.7. The molecule has 7 nitrogen and oxygen atoms in total. The Morgan fingerprint density at radius 3 is 2.88 bits per heavy atom. The quantitative estimate of drug-likeness (QED) is 0.721. The van der Waals surface area contributed by atoms with Crippen LogP contribution in [-0.4, -0.2) is 48.4 Å². The van der Waals surface area contributed by atoms with E-state index < -0.39 is 0 Å². The number of piperidine rings is 1. The highest BCUT2D eigenvalue weighted by Gasteiger charge is 2.28. The van der Waals surface area contributed by atoms with E-state index in [4.69, 9.17) is 0 Å². The Morgan fingerprint density at radius 2 is 2.08 bits per heavy atom. The lowest BCUT2D eigenvalue weighted by atomic mass is 9.94. The van der Waals surface area contributed by atoms with Crippen molar-refractivity contribution in [2.24, 2.45) is 0 Å². The molecule has 0 radical (unpaired) electrons. The molecule has 7 heteroatoms. The zero-order chi connectivity index (χ0) is 17.8. The molecule has 1 aliphatic rings. The second-order valence-electron chi connectivity index (χ2n) is 6.45. The number of aromatic nitrogens is 5. The highest BCUT2D eigenvalue weighted by molar-refractivity contribution is 5.78. The van der Waals surface area contributed by atoms with Crippen molar-refractivity contribution in [1.82, 2.24) is 29.4 Å². The Balaban J connectivity index is 1.52. The number of likely N-dealkylation sites (tertiary alicyclic amines) is 1. The molecule has 1 amide bonds. The van der Waals surface area contributed by atoms with Gasteiger partial charge in [-0.1, -0.05) is 6.07 Å². The fourth-order valence-electron chi connectivity index (χ4n) is 3.43. The molecule has 1 aliphatic heterocycles. The Kier molecular flexibility index (Phi) is 4.68. The number of carbonyl (C=O) groups excluding carboxylic acids is 1. The molecule has 0 saturated carbocycles. The second kappa shape index (κ2) is 7.43. The van der Waals surface area contributed by atoms with Crippen LogP contribution in [0.1, 0.15) is 30.0 Å². The molecule has 3 aromatic rings. The third-order valence-corrected chi connectivity index (χ3v) is 4.69. The van der Waals surface area contributed by atoms with E-state index in [9.17, 15) is 4.79 Å². The largest absolute Gasteiger partial charge is 0.342 e. The summed E-state index contributed by atoms with van der Waals surface area (Å²) >= 11 is 0. The van der Waals surface area contributed by atoms with E-state index >= 15 is 0 Å². The van der Waals surface area contributed by atoms with Crippen LogP contribution in [0.25, 0.3) is 5.82 Å². The van der Waals surface area contributed by atoms with Gasteiger partial charge < -0.3 is 4.90 Å². The average Bonchev–Trinajstić information content (AvgIpc) is 3.23. The summed E-state index contributed by atoms with van der Waals surface area (Å²) in [6, 6.07) is 3.80. The van der Waals surface area contributed by atoms with E-state index in [2.05, 4.69) is 19.9 Å². The van der Waals surface area contributed by atoms with Crippen LogP contribution in [0.4, 0.5) is 0 Å². The first-order valence-corrected chi connectivity index (χ1v) is 8.77. The number of carbonyl (C=O) groups is 1. The number of pyridine rings is 1. The summed E-state index contributed by atoms with van der Waals surface area (Å²) in [5, 5.41) is 0. The number of nitrogens with zero attached hydrogens (tertiary/aromatic N) is 6. The fourth-order valence-corrected chi connectivity index (χ4v) is 3.43. The Labute approximate surface area is 151 Å². The highest BCUT2D eigenvalue weighted by atomic mass is 16.2. The molecule has 0 N–H and O–H groups in total. The van der Waals surface area contributed by atoms with Crippen LogP contribution < -0.4 is 0 Å². The van der Waals surface area contributed by atoms with Gasteiger partial charge in [-0.2, -0.15) is 0 Å². The molecule has 0 bridgehead atoms. The zero-order valence-electron chi connectivity index (χ0n) is 14.4. The van der Waals surface area contributed by atoms with Crippen LogP contribution in [0.15, 0.2) is 55.6 Å². The fraction of sp³-hybridized carbons (Fsp3) is 0.316. The summed E-state index contributed by atoms with van der Waals surface area (Å²) in [7, 11) is 0. The van der Waals surface area contributed by atoms with Crippen LogP contribution in [0.3, 0.4) is 0 Å². The smallest absolute Gasteiger partial charge is 0.227 e. The summed E-state index contributed by atoms with van der Waals surface area (Å²) in [4.78, 5) is 31.9. The van der Waals surface area contributed by atoms with Crippen molar-refractivity contribution in [2.45, 2.75) is 25.2 Å². The predicted molar refractivity (Wildman–Crippen MR) is 95.7 cm³/mol. The molecule has 26 heavy (non-hydrogen) atoms. The molecule has 4 heterocycles. The van der Waals surface area contributed by atoms with Crippen LogP contribution in [0.2, 0.25) is 0 Å². The standard InChI is InChI=1S/C19H20N6O/c26-17(11-15-3-1-5-20-12-15)24-9-2-4-16(13-24)18-19(23-7-6-22-18)25-10-8-21-14-25/h1,3,5-8,10,12,14,16H,2,4,9,11,13H2/t16-/m0/s1. The number of imidazole rings is 1. The predicted octanol–water partition coefficient (Wildman–Crippen LogP) is 2.01. The molecule has 4 rings (SSSR count). The number of hydrogen-bond donors (Lipinski definition) is 0. The lowest BCUT2D eigenvalue weighted by Gasteiger charge is -2.33. The second-order valence-corrected chi connectivity index (χ2v) is 6.45. The normalized spacial score (nSPS) is 17.2. The van der Waals surface area contributed by atoms with E-state index in [0.29, 0.717) is 13.0 Å². The number of rotatable bonds is 4. The van der Waals surface area contributed by atoms with Crippen molar-refractivity contribution in [3.05, 3.63) is 66.9 Å². The van der Waals surface area contributed by atoms with Gasteiger partial charge in [0.25, 0.3) is 0 Å². The van der Waals surface area contributed by atoms with E-state index in [1.54, 1.807) is 37.3 Å². The van der Waals surface area contributed by atoms with Gasteiger partial charge in [-0.25, -0.2) is 9.97 Å². The van der Waals surface area contributed by atoms with E-state index in [0.717, 1.165) is 36.5 Å². The van der Waals surface area contributed by atoms with E-state index in [-0.39, 0.29) is 11.8 Å². The minimum atomic E-state index is 0.135. The van der Waals surface area contributed by atoms with Crippen LogP contribution in [-0.2, 0) is 11.2 Å². The van der Waals surface area contributed by atoms with Gasteiger partial charge in [-0.15, -0.1) is 0 Å². The molecule has 132 valence electrons. The SMILES string of the molecule is O=C(Cc1cccnc1)N1CCC[C@H](c2nccnc2-n2ccnc2)C1. The van der Waals surface area contributed by atoms with Gasteiger partial charge in [-0.3, -0.25) is 19.3 Å². The maximum atomic E-state index is 12.7. The summed E-state index contributed by atoms with van der Waals surface area (Å²) in [5.41, 5.74) is 1.86. The van der Waals surface area contributed by atoms with Crippen LogP contribution in [0, 0.1) is 0 Å². The Morgan fingerprint density at radius 1 is 1.15 bits per heavy atom. The van der Waals surface area contributed by atoms with Gasteiger partial charge in [0.15, 0.2) is 5.82 Å². The van der Waals surface area contributed by atoms with Crippen LogP contribution >= 0.6 is 0 Å². The summed E-state index contributed by atoms with van der Waals surface area (Å²) in [5.74, 6) is 1.10. The van der Waals surface area contributed by atoms with Crippen molar-refractivity contribution in [2.75, 3.05) is 13.1 Å². The van der Waals surface area contributed by atoms with Crippen molar-refractivity contribution in [3.63, 3.8) is 0 Å². The molecule has 0 aliphatic carbocycles. The molecular formula is C19H20N6O. The topological polar surface area (TPSA) is 76.8 Å². The summed E-state index contributed by atoms with van der Waals surface area (Å²) in [6.45, 7) is 1.45. The molecule has 1 saturated heterocycles. The first kappa shape index (κ1) is 16.4. The molecular weight excluding hydrogens is 328 g/mol. The van der Waals surface area contributed by atoms with Crippen molar-refractivity contribution in [1.29, 1.82) is 0 Å². The van der Waals surface area contributed by atoms with Crippen molar-refractivity contribution >= 4 is 5.91 Å². The first-order valence-electron chi connectivity index (χ1n) is 8.77. The minimum absolute atomic E-state index is 0.135. The van der Waals surface area contributed by atoms with Gasteiger partial charge in [0.2, 0.25) is 5.91 Å². The minimum Gasteiger partial charge on any atom is -0.342 e. The van der Waals surface area contributed by atoms with Gasteiger partial charge >= 0.3 is 0 Å². The third kappa shape index (κ3) is 3.46. The van der Waals surface area contributed by atoms with E-state index in [1.807, 2.05) is 27.8 Å². The highest BCUT2D eigenvalue weighted by Crippen LogP contribution is 2.28. The lowest BCUT2D eigenvalue weighted by Crippen LogP contribution is -2.40. The van der Waals surface area contributed by atoms with Crippen molar-refractivity contribution < 1.29 is 4.79 Å². The summed E-state index contributed by atoms with van der Waals surface area (Å²) in [6.07, 6.45) is 14.5. The van der Waals surface area contributed by atoms with Gasteiger partial charge in [0.1, 0.15) is 6.33 Å². The lowest BCUT2D eigenvalue weighted by molar-refractivity contribution is -0.131. The van der Waals surface area contributed by atoms with Gasteiger partial charge in [-0.05, 0) is 24.5 Å². The number of hydrogen-bond acceptors (Lipinski definition) is 5. The third-order valence-electron chi connectivity index (χ3n) is 4.69. The molecule has 1 atom stereocenters. The maximum Gasteiger partial charge on any atom is 0.227 e. The Hall–Kier alpha value is -3.09. The molecule has 3 aromatic heterocycles. The zero-order valence-corrected chi connectivity index (χ0v) is 14.4. The van der Waals surface area contributed by atoms with Crippen molar-refractivity contribution in [3.8, 4) is 5.82 Å². The van der Waals surface area contributed by atoms with Gasteiger partial charge in [0, 0.05) is 56.2 Å². The molecule has 1 fully saturated rings. The molecule has 0 unspecified atom stereocenters. The monoisotopic (exact) mass is 348 g/mol. The summed E-state index contributed by atoms with van der Waals surface area (Å²) < 4.78 is 1.87.